The topological polar surface area (TPSA) is 12.0 Å². The molecule has 0 rings (SSSR count). The largest absolute Gasteiger partial charge is 0.317 e. The van der Waals surface area contributed by atoms with Crippen LogP contribution in [0.25, 0.3) is 0 Å². The summed E-state index contributed by atoms with van der Waals surface area (Å²) in [5, 5.41) is 3.31. The molecule has 1 N–H and O–H groups in total. The molecule has 18 radical (unpaired) electrons. The molecule has 0 bridgehead atoms. The van der Waals surface area contributed by atoms with Gasteiger partial charge in [0, 0.05) is 61.5 Å². The van der Waals surface area contributed by atoms with Crippen molar-refractivity contribution in [3.05, 3.63) is 0 Å². The van der Waals surface area contributed by atoms with Gasteiger partial charge in [-0.1, -0.05) is 8.57 Å². The highest BCUT2D eigenvalue weighted by Crippen LogP contribution is 2.14. The van der Waals surface area contributed by atoms with Crippen LogP contribution >= 0.6 is 0 Å². The summed E-state index contributed by atoms with van der Waals surface area (Å²) in [5.41, 5.74) is 0. The Hall–Kier alpha value is 1.26. The van der Waals surface area contributed by atoms with Crippen LogP contribution in [0.3, 0.4) is 0 Å². The van der Waals surface area contributed by atoms with Gasteiger partial charge in [0.15, 0.2) is 0 Å². The SMILES string of the molecule is [Si]C([Si])([Si])CCNCCC([Si])([Si])[Si]. The molecule has 1 nitrogen and oxygen atoms in total. The van der Waals surface area contributed by atoms with E-state index in [1.165, 1.54) is 0 Å². The van der Waals surface area contributed by atoms with Crippen LogP contribution in [0.1, 0.15) is 12.8 Å². The highest BCUT2D eigenvalue weighted by atomic mass is 28.3. The Morgan fingerprint density at radius 1 is 0.692 bits per heavy atom. The van der Waals surface area contributed by atoms with Crippen LogP contribution in [0.2, 0.25) is 8.57 Å². The summed E-state index contributed by atoms with van der Waals surface area (Å²) in [4.78, 5) is 0. The molecule has 62 valence electrons. The lowest BCUT2D eigenvalue weighted by molar-refractivity contribution is 0.628. The fraction of sp³-hybridized carbons (Fsp3) is 1.00. The third kappa shape index (κ3) is 13.3. The van der Waals surface area contributed by atoms with Crippen molar-refractivity contribution in [2.75, 3.05) is 13.1 Å². The fourth-order valence-electron chi connectivity index (χ4n) is 0.677. The minimum absolute atomic E-state index is 0.153. The van der Waals surface area contributed by atoms with Gasteiger partial charge in [0.1, 0.15) is 0 Å². The van der Waals surface area contributed by atoms with E-state index in [-0.39, 0.29) is 8.57 Å². The molecule has 0 amide bonds. The Balaban J connectivity index is 3.28. The molecule has 0 saturated heterocycles. The van der Waals surface area contributed by atoms with E-state index in [0.29, 0.717) is 0 Å². The number of hydrogen-bond acceptors (Lipinski definition) is 1. The van der Waals surface area contributed by atoms with E-state index in [9.17, 15) is 0 Å². The number of hydrogen-bond donors (Lipinski definition) is 1. The molecule has 0 aliphatic rings. The molecule has 7 heteroatoms. The van der Waals surface area contributed by atoms with Gasteiger partial charge in [-0.3, -0.25) is 0 Å². The maximum Gasteiger partial charge on any atom is 0.0217 e. The minimum Gasteiger partial charge on any atom is -0.317 e. The van der Waals surface area contributed by atoms with Crippen molar-refractivity contribution >= 4 is 61.5 Å². The fourth-order valence-corrected chi connectivity index (χ4v) is 1.43. The summed E-state index contributed by atoms with van der Waals surface area (Å²) < 4.78 is -0.306. The quantitative estimate of drug-likeness (QED) is 0.455. The van der Waals surface area contributed by atoms with Crippen molar-refractivity contribution in [2.45, 2.75) is 21.4 Å². The van der Waals surface area contributed by atoms with Crippen molar-refractivity contribution in [1.29, 1.82) is 0 Å². The normalized spacial score (nSPS) is 13.4. The van der Waals surface area contributed by atoms with Crippen LogP contribution in [0.15, 0.2) is 0 Å². The summed E-state index contributed by atoms with van der Waals surface area (Å²) in [6, 6.07) is 0. The summed E-state index contributed by atoms with van der Waals surface area (Å²) in [6.45, 7) is 1.88. The molecule has 0 aliphatic carbocycles. The molecule has 0 atom stereocenters. The molecular formula is C6H9NSi6. The van der Waals surface area contributed by atoms with E-state index < -0.39 is 0 Å². The summed E-state index contributed by atoms with van der Waals surface area (Å²) >= 11 is 0. The molecule has 0 fully saturated rings. The van der Waals surface area contributed by atoms with E-state index >= 15 is 0 Å². The molecule has 0 spiro atoms. The number of rotatable bonds is 6. The van der Waals surface area contributed by atoms with Crippen LogP contribution in [0, 0.1) is 0 Å². The lowest BCUT2D eigenvalue weighted by Gasteiger charge is -2.20. The summed E-state index contributed by atoms with van der Waals surface area (Å²) in [6.07, 6.45) is 1.91. The van der Waals surface area contributed by atoms with Crippen molar-refractivity contribution in [3.63, 3.8) is 0 Å². The Morgan fingerprint density at radius 2 is 1.00 bits per heavy atom. The average molecular weight is 264 g/mol. The van der Waals surface area contributed by atoms with Gasteiger partial charge in [-0.05, 0) is 25.9 Å². The van der Waals surface area contributed by atoms with Crippen molar-refractivity contribution in [3.8, 4) is 0 Å². The molecule has 0 aromatic rings. The second-order valence-electron chi connectivity index (χ2n) is 3.06. The van der Waals surface area contributed by atoms with Crippen molar-refractivity contribution in [2.24, 2.45) is 0 Å². The average Bonchev–Trinajstić information content (AvgIpc) is 1.81. The second kappa shape index (κ2) is 5.98. The Kier molecular flexibility index (Phi) is 6.56. The molecule has 0 heterocycles. The van der Waals surface area contributed by atoms with Crippen LogP contribution in [0.4, 0.5) is 0 Å². The molecule has 13 heavy (non-hydrogen) atoms. The molecule has 0 aromatic carbocycles. The van der Waals surface area contributed by atoms with Crippen molar-refractivity contribution in [1.82, 2.24) is 5.32 Å². The summed E-state index contributed by atoms with van der Waals surface area (Å²) in [7, 11) is 20.9. The predicted molar refractivity (Wildman–Crippen MR) is 62.0 cm³/mol. The Bertz CT molecular complexity index is 121. The first-order valence-corrected chi connectivity index (χ1v) is 6.91. The second-order valence-corrected chi connectivity index (χ2v) is 11.2. The van der Waals surface area contributed by atoms with E-state index in [4.69, 9.17) is 0 Å². The van der Waals surface area contributed by atoms with Gasteiger partial charge in [-0.15, -0.1) is 0 Å². The first-order chi connectivity index (χ1) is 5.71. The van der Waals surface area contributed by atoms with E-state index in [1.54, 1.807) is 0 Å². The van der Waals surface area contributed by atoms with Gasteiger partial charge in [0.05, 0.1) is 0 Å². The van der Waals surface area contributed by atoms with E-state index in [0.717, 1.165) is 25.9 Å². The maximum atomic E-state index is 3.48. The van der Waals surface area contributed by atoms with Gasteiger partial charge in [0.25, 0.3) is 0 Å². The zero-order valence-corrected chi connectivity index (χ0v) is 13.3. The molecule has 0 saturated carbocycles. The molecule has 0 aromatic heterocycles. The maximum absolute atomic E-state index is 3.48. The minimum atomic E-state index is -0.153. The van der Waals surface area contributed by atoms with E-state index in [1.807, 2.05) is 0 Å². The first kappa shape index (κ1) is 14.3. The zero-order valence-electron chi connectivity index (χ0n) is 7.33. The highest BCUT2D eigenvalue weighted by molar-refractivity contribution is 6.59. The van der Waals surface area contributed by atoms with Gasteiger partial charge < -0.3 is 5.32 Å². The van der Waals surface area contributed by atoms with Crippen LogP contribution < -0.4 is 5.32 Å². The van der Waals surface area contributed by atoms with Gasteiger partial charge in [0.2, 0.25) is 0 Å². The lowest BCUT2D eigenvalue weighted by Crippen LogP contribution is -2.26. The molecule has 0 unspecified atom stereocenters. The van der Waals surface area contributed by atoms with Gasteiger partial charge in [-0.2, -0.15) is 0 Å². The zero-order chi connectivity index (χ0) is 10.5. The smallest absolute Gasteiger partial charge is 0.0217 e. The van der Waals surface area contributed by atoms with Gasteiger partial charge in [-0.25, -0.2) is 0 Å². The van der Waals surface area contributed by atoms with Gasteiger partial charge >= 0.3 is 0 Å². The number of nitrogens with one attached hydrogen (secondary N) is 1. The third-order valence-corrected chi connectivity index (χ3v) is 2.85. The monoisotopic (exact) mass is 263 g/mol. The first-order valence-electron chi connectivity index (χ1n) is 3.91. The van der Waals surface area contributed by atoms with E-state index in [2.05, 4.69) is 66.8 Å². The van der Waals surface area contributed by atoms with Crippen LogP contribution in [-0.4, -0.2) is 74.5 Å². The lowest BCUT2D eigenvalue weighted by atomic mass is 10.4. The Labute approximate surface area is 101 Å². The highest BCUT2D eigenvalue weighted by Gasteiger charge is 2.12. The molecular weight excluding hydrogens is 255 g/mol. The molecule has 0 aliphatic heterocycles. The predicted octanol–water partition coefficient (Wildman–Crippen LogP) is -1.49. The van der Waals surface area contributed by atoms with Crippen molar-refractivity contribution < 1.29 is 0 Å². The Morgan fingerprint density at radius 3 is 1.23 bits per heavy atom. The van der Waals surface area contributed by atoms with Crippen LogP contribution in [0.5, 0.6) is 0 Å². The standard InChI is InChI=1S/C6H9NSi6/c8-5(9,10)1-3-7-4-2-6(11,12)13/h7H,1-4H2. The van der Waals surface area contributed by atoms with Crippen LogP contribution in [-0.2, 0) is 0 Å². The summed E-state index contributed by atoms with van der Waals surface area (Å²) in [5.74, 6) is 0. The third-order valence-electron chi connectivity index (χ3n) is 1.35.